The fourth-order valence-corrected chi connectivity index (χ4v) is 3.01. The third-order valence-electron chi connectivity index (χ3n) is 4.46. The average molecular weight is 344 g/mol. The molecule has 0 aromatic rings. The van der Waals surface area contributed by atoms with Gasteiger partial charge >= 0.3 is 0 Å². The van der Waals surface area contributed by atoms with Crippen molar-refractivity contribution in [1.82, 2.24) is 0 Å². The largest absolute Gasteiger partial charge is 0.394 e. The number of rotatable bonds is 14. The summed E-state index contributed by atoms with van der Waals surface area (Å²) in [6, 6.07) is 0. The molecule has 24 heavy (non-hydrogen) atoms. The SMILES string of the molecule is CC/C=C/CCCCCCCCCO[C@H]1[C@@H]([C@@H](O)CO)OC[C@H]1O. The molecule has 0 bridgehead atoms. The highest BCUT2D eigenvalue weighted by Crippen LogP contribution is 2.21. The molecule has 0 aromatic carbocycles. The molecule has 0 amide bonds. The Morgan fingerprint density at radius 3 is 2.42 bits per heavy atom. The van der Waals surface area contributed by atoms with Crippen molar-refractivity contribution in [3.8, 4) is 0 Å². The van der Waals surface area contributed by atoms with Crippen molar-refractivity contribution in [2.24, 2.45) is 0 Å². The Hall–Kier alpha value is -0.460. The first-order valence-corrected chi connectivity index (χ1v) is 9.55. The van der Waals surface area contributed by atoms with Gasteiger partial charge in [-0.1, -0.05) is 51.2 Å². The second-order valence-electron chi connectivity index (χ2n) is 6.59. The van der Waals surface area contributed by atoms with E-state index in [-0.39, 0.29) is 13.2 Å². The molecule has 0 aliphatic carbocycles. The zero-order valence-electron chi connectivity index (χ0n) is 15.1. The summed E-state index contributed by atoms with van der Waals surface area (Å²) in [5.74, 6) is 0. The fraction of sp³-hybridized carbons (Fsp3) is 0.895. The van der Waals surface area contributed by atoms with Crippen molar-refractivity contribution in [3.63, 3.8) is 0 Å². The standard InChI is InChI=1S/C19H36O5/c1-2-3-4-5-6-7-8-9-10-11-12-13-23-19-17(22)15-24-18(19)16(21)14-20/h3-4,16-22H,2,5-15H2,1H3/b4-3+/t16-,17+,18+,19+/m0/s1. The van der Waals surface area contributed by atoms with E-state index in [1.54, 1.807) is 0 Å². The Balaban J connectivity index is 1.97. The molecule has 0 saturated carbocycles. The zero-order chi connectivity index (χ0) is 17.6. The molecule has 1 saturated heterocycles. The van der Waals surface area contributed by atoms with Crippen LogP contribution in [0.25, 0.3) is 0 Å². The minimum atomic E-state index is -1.00. The van der Waals surface area contributed by atoms with Crippen LogP contribution in [0, 0.1) is 0 Å². The summed E-state index contributed by atoms with van der Waals surface area (Å²) in [5, 5.41) is 28.5. The van der Waals surface area contributed by atoms with E-state index in [1.807, 2.05) is 0 Å². The van der Waals surface area contributed by atoms with Crippen molar-refractivity contribution < 1.29 is 24.8 Å². The minimum absolute atomic E-state index is 0.153. The molecule has 5 nitrogen and oxygen atoms in total. The maximum Gasteiger partial charge on any atom is 0.114 e. The zero-order valence-corrected chi connectivity index (χ0v) is 15.1. The summed E-state index contributed by atoms with van der Waals surface area (Å²) < 4.78 is 11.0. The lowest BCUT2D eigenvalue weighted by Gasteiger charge is -2.23. The molecule has 0 spiro atoms. The predicted molar refractivity (Wildman–Crippen MR) is 94.9 cm³/mol. The van der Waals surface area contributed by atoms with E-state index in [1.165, 1.54) is 38.5 Å². The first kappa shape index (κ1) is 21.6. The second-order valence-corrected chi connectivity index (χ2v) is 6.59. The van der Waals surface area contributed by atoms with Crippen LogP contribution < -0.4 is 0 Å². The molecule has 142 valence electrons. The lowest BCUT2D eigenvalue weighted by Crippen LogP contribution is -2.42. The Morgan fingerprint density at radius 1 is 1.08 bits per heavy atom. The molecular formula is C19H36O5. The summed E-state index contributed by atoms with van der Waals surface area (Å²) in [6.07, 6.45) is 12.4. The van der Waals surface area contributed by atoms with Gasteiger partial charge < -0.3 is 24.8 Å². The normalized spacial score (nSPS) is 25.6. The summed E-state index contributed by atoms with van der Waals surface area (Å²) in [7, 11) is 0. The van der Waals surface area contributed by atoms with Crippen molar-refractivity contribution in [1.29, 1.82) is 0 Å². The molecule has 1 heterocycles. The quantitative estimate of drug-likeness (QED) is 0.333. The Labute approximate surface area is 146 Å². The molecule has 3 N–H and O–H groups in total. The van der Waals surface area contributed by atoms with Gasteiger partial charge in [0.2, 0.25) is 0 Å². The van der Waals surface area contributed by atoms with Crippen LogP contribution in [0.3, 0.4) is 0 Å². The van der Waals surface area contributed by atoms with Gasteiger partial charge in [0.1, 0.15) is 24.4 Å². The molecule has 5 heteroatoms. The van der Waals surface area contributed by atoms with Gasteiger partial charge in [-0.3, -0.25) is 0 Å². The highest BCUT2D eigenvalue weighted by molar-refractivity contribution is 4.89. The van der Waals surface area contributed by atoms with Crippen LogP contribution >= 0.6 is 0 Å². The third kappa shape index (κ3) is 8.58. The minimum Gasteiger partial charge on any atom is -0.394 e. The Morgan fingerprint density at radius 2 is 1.75 bits per heavy atom. The van der Waals surface area contributed by atoms with Crippen LogP contribution in [0.4, 0.5) is 0 Å². The van der Waals surface area contributed by atoms with Gasteiger partial charge in [-0.15, -0.1) is 0 Å². The van der Waals surface area contributed by atoms with Gasteiger partial charge in [-0.05, 0) is 25.7 Å². The van der Waals surface area contributed by atoms with Gasteiger partial charge in [0.25, 0.3) is 0 Å². The first-order chi connectivity index (χ1) is 11.7. The molecule has 4 atom stereocenters. The number of aliphatic hydroxyl groups excluding tert-OH is 3. The van der Waals surface area contributed by atoms with E-state index in [4.69, 9.17) is 14.6 Å². The van der Waals surface area contributed by atoms with Crippen molar-refractivity contribution in [2.45, 2.75) is 89.1 Å². The van der Waals surface area contributed by atoms with E-state index in [0.29, 0.717) is 6.61 Å². The molecule has 1 aliphatic heterocycles. The van der Waals surface area contributed by atoms with E-state index in [9.17, 15) is 10.2 Å². The van der Waals surface area contributed by atoms with Crippen LogP contribution in [-0.4, -0.2) is 59.6 Å². The predicted octanol–water partition coefficient (Wildman–Crippen LogP) is 2.57. The second kappa shape index (κ2) is 13.8. The van der Waals surface area contributed by atoms with Crippen LogP contribution in [0.5, 0.6) is 0 Å². The molecule has 0 unspecified atom stereocenters. The highest BCUT2D eigenvalue weighted by atomic mass is 16.6. The van der Waals surface area contributed by atoms with Crippen LogP contribution in [0.1, 0.15) is 64.7 Å². The first-order valence-electron chi connectivity index (χ1n) is 9.55. The van der Waals surface area contributed by atoms with E-state index in [2.05, 4.69) is 19.1 Å². The number of allylic oxidation sites excluding steroid dienone is 2. The monoisotopic (exact) mass is 344 g/mol. The lowest BCUT2D eigenvalue weighted by molar-refractivity contribution is -0.0938. The number of hydrogen-bond donors (Lipinski definition) is 3. The van der Waals surface area contributed by atoms with Crippen molar-refractivity contribution in [2.75, 3.05) is 19.8 Å². The number of unbranched alkanes of at least 4 members (excludes halogenated alkanes) is 7. The molecule has 1 aliphatic rings. The van der Waals surface area contributed by atoms with Gasteiger partial charge in [0.05, 0.1) is 13.2 Å². The topological polar surface area (TPSA) is 79.2 Å². The smallest absolute Gasteiger partial charge is 0.114 e. The van der Waals surface area contributed by atoms with Gasteiger partial charge in [0.15, 0.2) is 0 Å². The fourth-order valence-electron chi connectivity index (χ4n) is 3.01. The van der Waals surface area contributed by atoms with Crippen molar-refractivity contribution in [3.05, 3.63) is 12.2 Å². The summed E-state index contributed by atoms with van der Waals surface area (Å²) in [5.41, 5.74) is 0. The van der Waals surface area contributed by atoms with E-state index >= 15 is 0 Å². The Kier molecular flexibility index (Phi) is 12.4. The average Bonchev–Trinajstić information content (AvgIpc) is 2.96. The van der Waals surface area contributed by atoms with Gasteiger partial charge in [-0.2, -0.15) is 0 Å². The van der Waals surface area contributed by atoms with Crippen LogP contribution in [0.15, 0.2) is 12.2 Å². The molecule has 0 radical (unpaired) electrons. The molecule has 1 rings (SSSR count). The molecular weight excluding hydrogens is 308 g/mol. The van der Waals surface area contributed by atoms with Crippen molar-refractivity contribution >= 4 is 0 Å². The van der Waals surface area contributed by atoms with Crippen LogP contribution in [0.2, 0.25) is 0 Å². The summed E-state index contributed by atoms with van der Waals surface area (Å²) >= 11 is 0. The number of hydrogen-bond acceptors (Lipinski definition) is 5. The highest BCUT2D eigenvalue weighted by Gasteiger charge is 2.40. The summed E-state index contributed by atoms with van der Waals surface area (Å²) in [4.78, 5) is 0. The number of aliphatic hydroxyl groups is 3. The van der Waals surface area contributed by atoms with E-state index < -0.39 is 24.4 Å². The summed E-state index contributed by atoms with van der Waals surface area (Å²) in [6.45, 7) is 2.49. The van der Waals surface area contributed by atoms with Gasteiger partial charge in [-0.25, -0.2) is 0 Å². The lowest BCUT2D eigenvalue weighted by atomic mass is 10.1. The molecule has 1 fully saturated rings. The maximum atomic E-state index is 9.83. The third-order valence-corrected chi connectivity index (χ3v) is 4.46. The van der Waals surface area contributed by atoms with E-state index in [0.717, 1.165) is 19.3 Å². The van der Waals surface area contributed by atoms with Crippen LogP contribution in [-0.2, 0) is 9.47 Å². The molecule has 0 aromatic heterocycles. The van der Waals surface area contributed by atoms with Gasteiger partial charge in [0, 0.05) is 6.61 Å². The maximum absolute atomic E-state index is 9.83. The number of ether oxygens (including phenoxy) is 2. The Bertz CT molecular complexity index is 321.